The number of halogens is 1. The van der Waals surface area contributed by atoms with Crippen molar-refractivity contribution in [2.24, 2.45) is 0 Å². The zero-order valence-electron chi connectivity index (χ0n) is 16.9. The summed E-state index contributed by atoms with van der Waals surface area (Å²) >= 11 is 1.61. The van der Waals surface area contributed by atoms with Crippen LogP contribution in [0.5, 0.6) is 5.75 Å². The molecule has 8 heteroatoms. The van der Waals surface area contributed by atoms with Crippen LogP contribution in [0.15, 0.2) is 78.2 Å². The SMILES string of the molecule is Nc1ccc(-c2cccs2)cc1NC(=O)c1ccc(Cc2cc(F)ccc2O[PH2]=O)cc1. The Kier molecular flexibility index (Phi) is 6.69. The van der Waals surface area contributed by atoms with Crippen LogP contribution in [0, 0.1) is 5.82 Å². The first-order chi connectivity index (χ1) is 15.5. The monoisotopic (exact) mass is 466 g/mol. The first-order valence-corrected chi connectivity index (χ1v) is 11.6. The van der Waals surface area contributed by atoms with Crippen LogP contribution in [0.3, 0.4) is 0 Å². The van der Waals surface area contributed by atoms with Gasteiger partial charge in [0.25, 0.3) is 5.91 Å². The van der Waals surface area contributed by atoms with Crippen molar-refractivity contribution in [3.8, 4) is 16.2 Å². The maximum atomic E-state index is 13.6. The van der Waals surface area contributed by atoms with Gasteiger partial charge in [-0.15, -0.1) is 11.3 Å². The Morgan fingerprint density at radius 2 is 1.88 bits per heavy atom. The van der Waals surface area contributed by atoms with Crippen LogP contribution < -0.4 is 15.6 Å². The van der Waals surface area contributed by atoms with E-state index in [-0.39, 0.29) is 5.91 Å². The summed E-state index contributed by atoms with van der Waals surface area (Å²) in [5, 5.41) is 4.86. The maximum absolute atomic E-state index is 13.6. The highest BCUT2D eigenvalue weighted by atomic mass is 32.1. The molecule has 0 spiro atoms. The summed E-state index contributed by atoms with van der Waals surface area (Å²) in [7, 11) is -1.44. The molecule has 162 valence electrons. The Morgan fingerprint density at radius 3 is 2.59 bits per heavy atom. The molecule has 0 bridgehead atoms. The molecule has 0 fully saturated rings. The van der Waals surface area contributed by atoms with Crippen molar-refractivity contribution in [1.82, 2.24) is 0 Å². The third-order valence-electron chi connectivity index (χ3n) is 4.92. The molecule has 1 atom stereocenters. The van der Waals surface area contributed by atoms with Crippen molar-refractivity contribution < 1.29 is 18.3 Å². The quantitative estimate of drug-likeness (QED) is 0.257. The predicted octanol–water partition coefficient (Wildman–Crippen LogP) is 6.03. The van der Waals surface area contributed by atoms with E-state index in [1.54, 1.807) is 41.7 Å². The highest BCUT2D eigenvalue weighted by Crippen LogP contribution is 2.30. The van der Waals surface area contributed by atoms with Crippen LogP contribution in [0.1, 0.15) is 21.5 Å². The largest absolute Gasteiger partial charge is 0.447 e. The topological polar surface area (TPSA) is 81.4 Å². The Labute approximate surface area is 190 Å². The molecule has 3 aromatic carbocycles. The van der Waals surface area contributed by atoms with Gasteiger partial charge in [0.05, 0.1) is 11.4 Å². The van der Waals surface area contributed by atoms with Gasteiger partial charge < -0.3 is 15.6 Å². The van der Waals surface area contributed by atoms with Crippen LogP contribution >= 0.6 is 20.0 Å². The molecule has 1 amide bonds. The van der Waals surface area contributed by atoms with Gasteiger partial charge in [0.15, 0.2) is 0 Å². The molecule has 1 heterocycles. The maximum Gasteiger partial charge on any atom is 0.255 e. The highest BCUT2D eigenvalue weighted by Gasteiger charge is 2.11. The molecular weight excluding hydrogens is 446 g/mol. The third kappa shape index (κ3) is 5.07. The average molecular weight is 466 g/mol. The second kappa shape index (κ2) is 9.81. The lowest BCUT2D eigenvalue weighted by Gasteiger charge is -2.11. The Balaban J connectivity index is 1.49. The van der Waals surface area contributed by atoms with Gasteiger partial charge in [-0.25, -0.2) is 4.39 Å². The first kappa shape index (κ1) is 21.8. The number of benzene rings is 3. The van der Waals surface area contributed by atoms with Crippen LogP contribution in [0.2, 0.25) is 0 Å². The van der Waals surface area contributed by atoms with Crippen molar-refractivity contribution in [1.29, 1.82) is 0 Å². The number of amides is 1. The number of nitrogens with two attached hydrogens (primary N) is 1. The molecule has 0 saturated heterocycles. The molecule has 1 aromatic heterocycles. The summed E-state index contributed by atoms with van der Waals surface area (Å²) in [5.74, 6) is -0.290. The molecule has 32 heavy (non-hydrogen) atoms. The minimum atomic E-state index is -1.44. The van der Waals surface area contributed by atoms with E-state index in [1.165, 1.54) is 18.2 Å². The van der Waals surface area contributed by atoms with Gasteiger partial charge in [-0.2, -0.15) is 0 Å². The van der Waals surface area contributed by atoms with Crippen molar-refractivity contribution in [2.75, 3.05) is 11.1 Å². The Morgan fingerprint density at radius 1 is 1.06 bits per heavy atom. The molecule has 4 rings (SSSR count). The standard InChI is InChI=1S/C24H20FN2O3PS/c25-19-8-10-22(30-31-29)18(13-19)12-15-3-5-16(6-4-15)24(28)27-21-14-17(7-9-20(21)26)23-2-1-11-32-23/h1-11,13-14H,12,26,31H2,(H,27,28). The van der Waals surface area contributed by atoms with E-state index < -0.39 is 14.5 Å². The van der Waals surface area contributed by atoms with Gasteiger partial charge in [0, 0.05) is 22.4 Å². The van der Waals surface area contributed by atoms with Crippen molar-refractivity contribution in [3.63, 3.8) is 0 Å². The average Bonchev–Trinajstić information content (AvgIpc) is 3.33. The zero-order valence-corrected chi connectivity index (χ0v) is 18.8. The number of nitrogen functional groups attached to an aromatic ring is 1. The predicted molar refractivity (Wildman–Crippen MR) is 129 cm³/mol. The number of anilines is 2. The van der Waals surface area contributed by atoms with E-state index in [4.69, 9.17) is 10.3 Å². The van der Waals surface area contributed by atoms with E-state index >= 15 is 0 Å². The number of rotatable bonds is 7. The summed E-state index contributed by atoms with van der Waals surface area (Å²) in [4.78, 5) is 13.8. The zero-order chi connectivity index (χ0) is 22.5. The number of thiophene rings is 1. The van der Waals surface area contributed by atoms with Gasteiger partial charge in [0.2, 0.25) is 8.69 Å². The van der Waals surface area contributed by atoms with Crippen LogP contribution in [0.4, 0.5) is 15.8 Å². The van der Waals surface area contributed by atoms with Gasteiger partial charge in [-0.05, 0) is 65.0 Å². The summed E-state index contributed by atoms with van der Waals surface area (Å²) in [6, 6.07) is 20.6. The second-order valence-corrected chi connectivity index (χ2v) is 8.45. The number of nitrogens with one attached hydrogen (secondary N) is 1. The van der Waals surface area contributed by atoms with E-state index in [0.29, 0.717) is 34.7 Å². The fourth-order valence-corrected chi connectivity index (χ4v) is 4.36. The molecule has 0 aliphatic heterocycles. The lowest BCUT2D eigenvalue weighted by Crippen LogP contribution is -2.13. The van der Waals surface area contributed by atoms with Crippen LogP contribution in [-0.4, -0.2) is 5.91 Å². The summed E-state index contributed by atoms with van der Waals surface area (Å²) in [6.45, 7) is 0. The van der Waals surface area contributed by atoms with E-state index in [9.17, 15) is 13.8 Å². The molecule has 0 saturated carbocycles. The van der Waals surface area contributed by atoms with Crippen LogP contribution in [-0.2, 0) is 11.0 Å². The lowest BCUT2D eigenvalue weighted by atomic mass is 10.0. The fraction of sp³-hybridized carbons (Fsp3) is 0.0417. The van der Waals surface area contributed by atoms with Gasteiger partial charge >= 0.3 is 0 Å². The van der Waals surface area contributed by atoms with Gasteiger partial charge in [-0.1, -0.05) is 24.3 Å². The molecule has 0 radical (unpaired) electrons. The normalized spacial score (nSPS) is 11.0. The molecule has 0 aliphatic rings. The molecule has 3 N–H and O–H groups in total. The van der Waals surface area contributed by atoms with Crippen molar-refractivity contribution in [3.05, 3.63) is 101 Å². The molecular formula is C24H20FN2O3PS. The summed E-state index contributed by atoms with van der Waals surface area (Å²) in [6.07, 6.45) is 0.379. The molecule has 4 aromatic rings. The Hall–Kier alpha value is -3.41. The summed E-state index contributed by atoms with van der Waals surface area (Å²) < 4.78 is 29.6. The Bertz CT molecular complexity index is 1260. The smallest absolute Gasteiger partial charge is 0.255 e. The number of carbonyl (C=O) groups excluding carboxylic acids is 1. The van der Waals surface area contributed by atoms with E-state index in [2.05, 4.69) is 5.32 Å². The van der Waals surface area contributed by atoms with Crippen LogP contribution in [0.25, 0.3) is 10.4 Å². The van der Waals surface area contributed by atoms with E-state index in [0.717, 1.165) is 16.0 Å². The fourth-order valence-electron chi connectivity index (χ4n) is 3.30. The van der Waals surface area contributed by atoms with Crippen molar-refractivity contribution >= 4 is 37.3 Å². The second-order valence-electron chi connectivity index (χ2n) is 7.07. The first-order valence-electron chi connectivity index (χ1n) is 9.76. The van der Waals surface area contributed by atoms with Gasteiger partial charge in [0.1, 0.15) is 11.6 Å². The number of hydrogen-bond acceptors (Lipinski definition) is 5. The third-order valence-corrected chi connectivity index (χ3v) is 6.18. The van der Waals surface area contributed by atoms with Crippen molar-refractivity contribution in [2.45, 2.75) is 6.42 Å². The molecule has 1 unspecified atom stereocenters. The minimum Gasteiger partial charge on any atom is -0.447 e. The highest BCUT2D eigenvalue weighted by molar-refractivity contribution is 7.17. The van der Waals surface area contributed by atoms with E-state index in [1.807, 2.05) is 29.6 Å². The van der Waals surface area contributed by atoms with Gasteiger partial charge in [-0.3, -0.25) is 9.36 Å². The molecule has 5 nitrogen and oxygen atoms in total. The summed E-state index contributed by atoms with van der Waals surface area (Å²) in [5.41, 5.74) is 9.98. The number of carbonyl (C=O) groups is 1. The molecule has 0 aliphatic carbocycles. The minimum absolute atomic E-state index is 0.281. The number of hydrogen-bond donors (Lipinski definition) is 2. The lowest BCUT2D eigenvalue weighted by molar-refractivity contribution is 0.102.